The molecule has 0 aromatic heterocycles. The van der Waals surface area contributed by atoms with Gasteiger partial charge in [0.05, 0.1) is 6.61 Å². The van der Waals surface area contributed by atoms with Crippen molar-refractivity contribution in [3.63, 3.8) is 0 Å². The van der Waals surface area contributed by atoms with Crippen LogP contribution in [0.25, 0.3) is 0 Å². The minimum atomic E-state index is 0.507. The van der Waals surface area contributed by atoms with Crippen molar-refractivity contribution in [3.05, 3.63) is 40.9 Å². The van der Waals surface area contributed by atoms with Gasteiger partial charge in [-0.3, -0.25) is 0 Å². The van der Waals surface area contributed by atoms with E-state index < -0.39 is 0 Å². The van der Waals surface area contributed by atoms with E-state index in [1.54, 1.807) is 0 Å². The first kappa shape index (κ1) is 14.1. The Morgan fingerprint density at radius 3 is 2.76 bits per heavy atom. The Bertz CT molecular complexity index is 371. The van der Waals surface area contributed by atoms with E-state index in [2.05, 4.69) is 26.0 Å². The lowest BCUT2D eigenvalue weighted by Gasteiger charge is -2.13. The third-order valence-corrected chi connectivity index (χ3v) is 2.80. The molecule has 2 heteroatoms. The van der Waals surface area contributed by atoms with Crippen molar-refractivity contribution in [3.8, 4) is 5.75 Å². The van der Waals surface area contributed by atoms with Crippen LogP contribution >= 0.6 is 11.6 Å². The summed E-state index contributed by atoms with van der Waals surface area (Å²) in [6.45, 7) is 7.05. The molecule has 1 aromatic carbocycles. The van der Waals surface area contributed by atoms with E-state index in [0.29, 0.717) is 12.5 Å². The van der Waals surface area contributed by atoms with Gasteiger partial charge in [-0.2, -0.15) is 0 Å². The summed E-state index contributed by atoms with van der Waals surface area (Å²) in [5.74, 6) is 1.46. The zero-order valence-electron chi connectivity index (χ0n) is 10.9. The van der Waals surface area contributed by atoms with Crippen LogP contribution in [0.4, 0.5) is 0 Å². The fourth-order valence-electron chi connectivity index (χ4n) is 1.79. The van der Waals surface area contributed by atoms with Crippen LogP contribution < -0.4 is 4.74 Å². The first-order valence-electron chi connectivity index (χ1n) is 6.25. The molecule has 0 aliphatic heterocycles. The highest BCUT2D eigenvalue weighted by Gasteiger charge is 2.07. The van der Waals surface area contributed by atoms with Crippen LogP contribution in [-0.4, -0.2) is 6.61 Å². The first-order valence-corrected chi connectivity index (χ1v) is 6.63. The summed E-state index contributed by atoms with van der Waals surface area (Å²) in [4.78, 5) is 0. The largest absolute Gasteiger partial charge is 0.494 e. The van der Waals surface area contributed by atoms with Crippen molar-refractivity contribution in [1.29, 1.82) is 0 Å². The lowest BCUT2D eigenvalue weighted by Crippen LogP contribution is -2.01. The van der Waals surface area contributed by atoms with Gasteiger partial charge in [-0.1, -0.05) is 37.6 Å². The van der Waals surface area contributed by atoms with Gasteiger partial charge in [0.1, 0.15) is 5.75 Å². The number of rotatable bonds is 6. The molecule has 94 valence electrons. The van der Waals surface area contributed by atoms with Crippen molar-refractivity contribution in [1.82, 2.24) is 0 Å². The zero-order chi connectivity index (χ0) is 12.7. The number of allylic oxidation sites excluding steroid dienone is 2. The molecule has 0 N–H and O–H groups in total. The van der Waals surface area contributed by atoms with Crippen LogP contribution in [0.3, 0.4) is 0 Å². The average Bonchev–Trinajstić information content (AvgIpc) is 2.30. The zero-order valence-corrected chi connectivity index (χ0v) is 11.6. The molecule has 1 unspecified atom stereocenters. The molecule has 0 aliphatic carbocycles. The van der Waals surface area contributed by atoms with Gasteiger partial charge < -0.3 is 4.74 Å². The SMILES string of the molecule is CC/C=C\C(C)Cc1cc(Cl)ccc1OCC. The summed E-state index contributed by atoms with van der Waals surface area (Å²) in [5, 5.41) is 0.773. The van der Waals surface area contributed by atoms with E-state index in [-0.39, 0.29) is 0 Å². The maximum atomic E-state index is 6.03. The molecule has 0 fully saturated rings. The number of benzene rings is 1. The van der Waals surface area contributed by atoms with Crippen molar-refractivity contribution in [2.75, 3.05) is 6.61 Å². The second-order valence-corrected chi connectivity index (χ2v) is 4.64. The predicted molar refractivity (Wildman–Crippen MR) is 74.9 cm³/mol. The Hall–Kier alpha value is -0.950. The number of hydrogen-bond donors (Lipinski definition) is 0. The normalized spacial score (nSPS) is 12.9. The Morgan fingerprint density at radius 1 is 1.35 bits per heavy atom. The van der Waals surface area contributed by atoms with Crippen molar-refractivity contribution in [2.24, 2.45) is 5.92 Å². The molecular formula is C15H21ClO. The molecular weight excluding hydrogens is 232 g/mol. The Labute approximate surface area is 109 Å². The van der Waals surface area contributed by atoms with Gasteiger partial charge in [0.15, 0.2) is 0 Å². The van der Waals surface area contributed by atoms with Crippen molar-refractivity contribution in [2.45, 2.75) is 33.6 Å². The van der Waals surface area contributed by atoms with Gasteiger partial charge in [0.25, 0.3) is 0 Å². The summed E-state index contributed by atoms with van der Waals surface area (Å²) in [7, 11) is 0. The molecule has 1 nitrogen and oxygen atoms in total. The van der Waals surface area contributed by atoms with Gasteiger partial charge >= 0.3 is 0 Å². The molecule has 0 aliphatic rings. The third-order valence-electron chi connectivity index (χ3n) is 2.56. The standard InChI is InChI=1S/C15H21ClO/c1-4-6-7-12(3)10-13-11-14(16)8-9-15(13)17-5-2/h6-9,11-12H,4-5,10H2,1-3H3/b7-6-. The molecule has 0 amide bonds. The molecule has 1 aromatic rings. The maximum Gasteiger partial charge on any atom is 0.122 e. The van der Waals surface area contributed by atoms with Gasteiger partial charge in [0, 0.05) is 5.02 Å². The van der Waals surface area contributed by atoms with Crippen molar-refractivity contribution < 1.29 is 4.74 Å². The van der Waals surface area contributed by atoms with Crippen molar-refractivity contribution >= 4 is 11.6 Å². The van der Waals surface area contributed by atoms with E-state index in [0.717, 1.165) is 23.6 Å². The van der Waals surface area contributed by atoms with Crippen LogP contribution in [-0.2, 0) is 6.42 Å². The average molecular weight is 253 g/mol. The fraction of sp³-hybridized carbons (Fsp3) is 0.467. The molecule has 0 heterocycles. The number of hydrogen-bond acceptors (Lipinski definition) is 1. The fourth-order valence-corrected chi connectivity index (χ4v) is 1.98. The number of halogens is 1. The summed E-state index contributed by atoms with van der Waals surface area (Å²) in [6, 6.07) is 5.84. The number of ether oxygens (including phenoxy) is 1. The minimum Gasteiger partial charge on any atom is -0.494 e. The van der Waals surface area contributed by atoms with Gasteiger partial charge in [-0.05, 0) is 49.4 Å². The second-order valence-electron chi connectivity index (χ2n) is 4.20. The predicted octanol–water partition coefficient (Wildman–Crippen LogP) is 4.88. The summed E-state index contributed by atoms with van der Waals surface area (Å²) < 4.78 is 5.61. The van der Waals surface area contributed by atoms with Crippen LogP contribution in [0.5, 0.6) is 5.75 Å². The monoisotopic (exact) mass is 252 g/mol. The minimum absolute atomic E-state index is 0.507. The van der Waals surface area contributed by atoms with E-state index in [1.807, 2.05) is 25.1 Å². The van der Waals surface area contributed by atoms with Gasteiger partial charge in [0.2, 0.25) is 0 Å². The summed E-state index contributed by atoms with van der Waals surface area (Å²) in [6.07, 6.45) is 6.50. The van der Waals surface area contributed by atoms with Crippen LogP contribution in [0, 0.1) is 5.92 Å². The highest BCUT2D eigenvalue weighted by atomic mass is 35.5. The summed E-state index contributed by atoms with van der Waals surface area (Å²) in [5.41, 5.74) is 1.19. The molecule has 0 saturated carbocycles. The second kappa shape index (κ2) is 7.39. The van der Waals surface area contributed by atoms with Gasteiger partial charge in [-0.25, -0.2) is 0 Å². The van der Waals surface area contributed by atoms with Gasteiger partial charge in [-0.15, -0.1) is 0 Å². The first-order chi connectivity index (χ1) is 8.17. The lowest BCUT2D eigenvalue weighted by atomic mass is 9.99. The highest BCUT2D eigenvalue weighted by Crippen LogP contribution is 2.25. The molecule has 1 rings (SSSR count). The third kappa shape index (κ3) is 4.82. The lowest BCUT2D eigenvalue weighted by molar-refractivity contribution is 0.335. The van der Waals surface area contributed by atoms with Crippen LogP contribution in [0.15, 0.2) is 30.4 Å². The molecule has 0 radical (unpaired) electrons. The van der Waals surface area contributed by atoms with Crippen LogP contribution in [0.2, 0.25) is 5.02 Å². The quantitative estimate of drug-likeness (QED) is 0.656. The van der Waals surface area contributed by atoms with E-state index in [1.165, 1.54) is 5.56 Å². The topological polar surface area (TPSA) is 9.23 Å². The molecule has 0 bridgehead atoms. The summed E-state index contributed by atoms with van der Waals surface area (Å²) >= 11 is 6.03. The Balaban J connectivity index is 2.80. The Kier molecular flexibility index (Phi) is 6.13. The molecule has 1 atom stereocenters. The molecule has 0 saturated heterocycles. The van der Waals surface area contributed by atoms with E-state index in [9.17, 15) is 0 Å². The van der Waals surface area contributed by atoms with Crippen LogP contribution in [0.1, 0.15) is 32.8 Å². The maximum absolute atomic E-state index is 6.03. The highest BCUT2D eigenvalue weighted by molar-refractivity contribution is 6.30. The van der Waals surface area contributed by atoms with E-state index in [4.69, 9.17) is 16.3 Å². The smallest absolute Gasteiger partial charge is 0.122 e. The molecule has 17 heavy (non-hydrogen) atoms. The molecule has 0 spiro atoms. The Morgan fingerprint density at radius 2 is 2.12 bits per heavy atom. The van der Waals surface area contributed by atoms with E-state index >= 15 is 0 Å².